The van der Waals surface area contributed by atoms with E-state index in [-0.39, 0.29) is 35.0 Å². The first kappa shape index (κ1) is 29.7. The molecule has 3 nitrogen and oxygen atoms in total. The number of hydrogen-bond acceptors (Lipinski definition) is 3. The Morgan fingerprint density at radius 3 is 1.64 bits per heavy atom. The van der Waals surface area contributed by atoms with Gasteiger partial charge in [-0.3, -0.25) is 4.79 Å². The van der Waals surface area contributed by atoms with Crippen LogP contribution < -0.4 is 0 Å². The summed E-state index contributed by atoms with van der Waals surface area (Å²) in [7, 11) is 1.09. The molecule has 1 aromatic heterocycles. The molecule has 12 heteroatoms. The van der Waals surface area contributed by atoms with Crippen LogP contribution in [0.15, 0.2) is 66.7 Å². The van der Waals surface area contributed by atoms with Crippen LogP contribution in [0.5, 0.6) is 0 Å². The molecule has 0 amide bonds. The van der Waals surface area contributed by atoms with E-state index < -0.39 is 52.7 Å². The number of halogens is 9. The van der Waals surface area contributed by atoms with E-state index in [1.165, 1.54) is 6.07 Å². The Bertz CT molecular complexity index is 1340. The van der Waals surface area contributed by atoms with Gasteiger partial charge in [0.25, 0.3) is 0 Å². The molecule has 0 saturated heterocycles. The summed E-state index contributed by atoms with van der Waals surface area (Å²) in [5, 5.41) is 0. The van der Waals surface area contributed by atoms with Gasteiger partial charge < -0.3 is 4.74 Å². The molecule has 39 heavy (non-hydrogen) atoms. The second-order valence-corrected chi connectivity index (χ2v) is 8.78. The fourth-order valence-corrected chi connectivity index (χ4v) is 3.81. The topological polar surface area (TPSA) is 39.2 Å². The highest BCUT2D eigenvalue weighted by Crippen LogP contribution is 2.40. The lowest BCUT2D eigenvalue weighted by atomic mass is 9.90. The third kappa shape index (κ3) is 7.18. The fourth-order valence-electron chi connectivity index (χ4n) is 3.81. The summed E-state index contributed by atoms with van der Waals surface area (Å²) >= 11 is 0. The van der Waals surface area contributed by atoms with Crippen LogP contribution in [0.4, 0.5) is 39.5 Å². The standard InChI is InChI=1S/C27H20F9NO2/c1-14(2)8-21(24(38)39-3)16-11-22(15-4-6-18(7-5-15)25(28,29)30)37-23(12-16)17-9-19(26(31,32)33)13-20(10-17)27(34,35)36/h4-7,9-13,21H,1,8H2,2-3H3. The van der Waals surface area contributed by atoms with E-state index in [1.54, 1.807) is 6.92 Å². The minimum Gasteiger partial charge on any atom is -0.469 e. The van der Waals surface area contributed by atoms with Crippen molar-refractivity contribution in [2.24, 2.45) is 0 Å². The number of carbonyl (C=O) groups is 1. The summed E-state index contributed by atoms with van der Waals surface area (Å²) in [5.41, 5.74) is -4.46. The van der Waals surface area contributed by atoms with Crippen molar-refractivity contribution in [3.8, 4) is 22.5 Å². The SMILES string of the molecule is C=C(C)CC(C(=O)OC)c1cc(-c2ccc(C(F)(F)F)cc2)nc(-c2cc(C(F)(F)F)cc(C(F)(F)F)c2)c1. The van der Waals surface area contributed by atoms with Gasteiger partial charge in [-0.1, -0.05) is 17.7 Å². The largest absolute Gasteiger partial charge is 0.469 e. The molecular formula is C27H20F9NO2. The first-order valence-electron chi connectivity index (χ1n) is 11.1. The zero-order valence-electron chi connectivity index (χ0n) is 20.4. The first-order chi connectivity index (χ1) is 17.9. The fraction of sp³-hybridized carbons (Fsp3) is 0.259. The lowest BCUT2D eigenvalue weighted by Crippen LogP contribution is -2.15. The number of alkyl halides is 9. The number of esters is 1. The van der Waals surface area contributed by atoms with Crippen molar-refractivity contribution in [2.45, 2.75) is 37.8 Å². The highest BCUT2D eigenvalue weighted by atomic mass is 19.4. The van der Waals surface area contributed by atoms with Crippen molar-refractivity contribution in [3.63, 3.8) is 0 Å². The van der Waals surface area contributed by atoms with Crippen LogP contribution in [-0.4, -0.2) is 18.1 Å². The maximum Gasteiger partial charge on any atom is 0.416 e. The molecule has 0 aliphatic heterocycles. The van der Waals surface area contributed by atoms with Crippen molar-refractivity contribution >= 4 is 5.97 Å². The van der Waals surface area contributed by atoms with Crippen LogP contribution in [0.2, 0.25) is 0 Å². The highest BCUT2D eigenvalue weighted by Gasteiger charge is 2.37. The number of nitrogens with zero attached hydrogens (tertiary/aromatic N) is 1. The van der Waals surface area contributed by atoms with Gasteiger partial charge in [0, 0.05) is 11.1 Å². The van der Waals surface area contributed by atoms with Gasteiger partial charge in [0.05, 0.1) is 41.1 Å². The average Bonchev–Trinajstić information content (AvgIpc) is 2.84. The smallest absolute Gasteiger partial charge is 0.416 e. The van der Waals surface area contributed by atoms with Crippen molar-refractivity contribution in [2.75, 3.05) is 7.11 Å². The van der Waals surface area contributed by atoms with Crippen molar-refractivity contribution in [3.05, 3.63) is 89.0 Å². The zero-order chi connectivity index (χ0) is 29.3. The van der Waals surface area contributed by atoms with Crippen LogP contribution >= 0.6 is 0 Å². The summed E-state index contributed by atoms with van der Waals surface area (Å²) in [4.78, 5) is 16.7. The van der Waals surface area contributed by atoms with Crippen molar-refractivity contribution in [1.29, 1.82) is 0 Å². The summed E-state index contributed by atoms with van der Waals surface area (Å²) < 4.78 is 125. The lowest BCUT2D eigenvalue weighted by Gasteiger charge is -2.19. The molecule has 0 saturated carbocycles. The molecule has 0 aliphatic rings. The van der Waals surface area contributed by atoms with Gasteiger partial charge in [-0.05, 0) is 61.4 Å². The summed E-state index contributed by atoms with van der Waals surface area (Å²) in [5.74, 6) is -1.84. The van der Waals surface area contributed by atoms with Gasteiger partial charge >= 0.3 is 24.5 Å². The average molecular weight is 561 g/mol. The zero-order valence-corrected chi connectivity index (χ0v) is 20.4. The molecule has 0 aliphatic carbocycles. The van der Waals surface area contributed by atoms with E-state index in [1.807, 2.05) is 0 Å². The van der Waals surface area contributed by atoms with Crippen molar-refractivity contribution < 1.29 is 49.0 Å². The predicted octanol–water partition coefficient (Wildman–Crippen LogP) is 8.69. The normalized spacial score (nSPS) is 13.2. The minimum atomic E-state index is -5.13. The van der Waals surface area contributed by atoms with Crippen LogP contribution in [0.25, 0.3) is 22.5 Å². The van der Waals surface area contributed by atoms with Gasteiger partial charge in [-0.25, -0.2) is 4.98 Å². The Labute approximate surface area is 216 Å². The number of aromatic nitrogens is 1. The number of ether oxygens (including phenoxy) is 1. The van der Waals surface area contributed by atoms with Gasteiger partial charge in [0.15, 0.2) is 0 Å². The van der Waals surface area contributed by atoms with E-state index in [2.05, 4.69) is 11.6 Å². The van der Waals surface area contributed by atoms with Gasteiger partial charge in [0.1, 0.15) is 0 Å². The maximum absolute atomic E-state index is 13.5. The molecule has 0 spiro atoms. The van der Waals surface area contributed by atoms with Crippen LogP contribution in [0.3, 0.4) is 0 Å². The monoisotopic (exact) mass is 561 g/mol. The Hall–Kier alpha value is -3.83. The Morgan fingerprint density at radius 2 is 1.23 bits per heavy atom. The van der Waals surface area contributed by atoms with Crippen LogP contribution in [-0.2, 0) is 28.1 Å². The number of allylic oxidation sites excluding steroid dienone is 1. The Balaban J connectivity index is 2.32. The molecular weight excluding hydrogens is 541 g/mol. The molecule has 1 heterocycles. The molecule has 0 radical (unpaired) electrons. The number of methoxy groups -OCH3 is 1. The molecule has 208 valence electrons. The van der Waals surface area contributed by atoms with Gasteiger partial charge in [-0.2, -0.15) is 39.5 Å². The van der Waals surface area contributed by atoms with Gasteiger partial charge in [0.2, 0.25) is 0 Å². The molecule has 2 aromatic carbocycles. The predicted molar refractivity (Wildman–Crippen MR) is 124 cm³/mol. The van der Waals surface area contributed by atoms with E-state index in [4.69, 9.17) is 4.74 Å². The Kier molecular flexibility index (Phi) is 8.18. The number of pyridine rings is 1. The van der Waals surface area contributed by atoms with E-state index in [0.29, 0.717) is 17.7 Å². The molecule has 1 atom stereocenters. The molecule has 0 fully saturated rings. The number of hydrogen-bond donors (Lipinski definition) is 0. The minimum absolute atomic E-state index is 0.0129. The molecule has 1 unspecified atom stereocenters. The second-order valence-electron chi connectivity index (χ2n) is 8.78. The lowest BCUT2D eigenvalue weighted by molar-refractivity contribution is -0.143. The summed E-state index contributed by atoms with van der Waals surface area (Å²) in [6, 6.07) is 6.98. The highest BCUT2D eigenvalue weighted by molar-refractivity contribution is 5.80. The van der Waals surface area contributed by atoms with Crippen LogP contribution in [0, 0.1) is 0 Å². The molecule has 3 aromatic rings. The maximum atomic E-state index is 13.5. The van der Waals surface area contributed by atoms with E-state index in [0.717, 1.165) is 37.4 Å². The third-order valence-corrected chi connectivity index (χ3v) is 5.68. The molecule has 0 bridgehead atoms. The second kappa shape index (κ2) is 10.7. The number of rotatable bonds is 6. The number of carbonyl (C=O) groups excluding carboxylic acids is 1. The van der Waals surface area contributed by atoms with Crippen molar-refractivity contribution in [1.82, 2.24) is 4.98 Å². The summed E-state index contributed by atoms with van der Waals surface area (Å²) in [6.07, 6.45) is -14.9. The van der Waals surface area contributed by atoms with Crippen LogP contribution in [0.1, 0.15) is 41.5 Å². The first-order valence-corrected chi connectivity index (χ1v) is 11.1. The van der Waals surface area contributed by atoms with E-state index >= 15 is 0 Å². The third-order valence-electron chi connectivity index (χ3n) is 5.68. The van der Waals surface area contributed by atoms with E-state index in [9.17, 15) is 44.3 Å². The summed E-state index contributed by atoms with van der Waals surface area (Å²) in [6.45, 7) is 5.32. The Morgan fingerprint density at radius 1 is 0.769 bits per heavy atom. The number of benzene rings is 2. The molecule has 0 N–H and O–H groups in total. The molecule has 3 rings (SSSR count). The van der Waals surface area contributed by atoms with Gasteiger partial charge in [-0.15, -0.1) is 6.58 Å². The quantitative estimate of drug-likeness (QED) is 0.172.